The average Bonchev–Trinajstić information content (AvgIpc) is 2.95. The van der Waals surface area contributed by atoms with Crippen LogP contribution in [0.5, 0.6) is 5.75 Å². The van der Waals surface area contributed by atoms with Crippen LogP contribution in [-0.2, 0) is 11.5 Å². The highest BCUT2D eigenvalue weighted by Gasteiger charge is 2.20. The van der Waals surface area contributed by atoms with Crippen molar-refractivity contribution in [1.29, 1.82) is 5.26 Å². The Bertz CT molecular complexity index is 1860. The Morgan fingerprint density at radius 1 is 0.838 bits per heavy atom. The van der Waals surface area contributed by atoms with E-state index in [4.69, 9.17) is 9.47 Å². The van der Waals surface area contributed by atoms with Gasteiger partial charge >= 0.3 is 0 Å². The number of methoxy groups -OCH3 is 1. The molecule has 0 atom stereocenters. The van der Waals surface area contributed by atoms with E-state index in [1.165, 1.54) is 21.5 Å². The normalized spacial score (nSPS) is 11.4. The van der Waals surface area contributed by atoms with Crippen LogP contribution in [0.3, 0.4) is 0 Å². The van der Waals surface area contributed by atoms with Crippen LogP contribution in [0, 0.1) is 11.3 Å². The van der Waals surface area contributed by atoms with Gasteiger partial charge in [-0.2, -0.15) is 5.26 Å². The van der Waals surface area contributed by atoms with E-state index in [-0.39, 0.29) is 17.9 Å². The maximum Gasteiger partial charge on any atom is 0.271 e. The minimum absolute atomic E-state index is 0.0597. The van der Waals surface area contributed by atoms with Crippen molar-refractivity contribution in [2.45, 2.75) is 13.7 Å². The molecule has 0 unspecified atom stereocenters. The monoisotopic (exact) mass is 484 g/mol. The predicted octanol–water partition coefficient (Wildman–Crippen LogP) is 6.95. The first-order chi connectivity index (χ1) is 18.1. The average molecular weight is 485 g/mol. The number of nitrogens with zero attached hydrogens (tertiary/aromatic N) is 2. The lowest BCUT2D eigenvalue weighted by Crippen LogP contribution is -2.26. The molecule has 0 aliphatic rings. The van der Waals surface area contributed by atoms with Gasteiger partial charge in [0.2, 0.25) is 0 Å². The van der Waals surface area contributed by atoms with Crippen LogP contribution in [0.2, 0.25) is 0 Å². The fraction of sp³-hybridized carbons (Fsp3) is 0.125. The molecule has 5 heteroatoms. The van der Waals surface area contributed by atoms with Gasteiger partial charge in [-0.05, 0) is 63.0 Å². The van der Waals surface area contributed by atoms with Crippen LogP contribution in [0.1, 0.15) is 12.5 Å². The number of hydrogen-bond donors (Lipinski definition) is 0. The number of rotatable bonds is 6. The lowest BCUT2D eigenvalue weighted by Gasteiger charge is -2.19. The van der Waals surface area contributed by atoms with Crippen molar-refractivity contribution in [1.82, 2.24) is 4.57 Å². The number of hydrogen-bond acceptors (Lipinski definition) is 4. The zero-order valence-electron chi connectivity index (χ0n) is 20.6. The van der Waals surface area contributed by atoms with Gasteiger partial charge in [0, 0.05) is 17.7 Å². The minimum Gasteiger partial charge on any atom is -0.497 e. The highest BCUT2D eigenvalue weighted by Crippen LogP contribution is 2.40. The molecule has 0 fully saturated rings. The van der Waals surface area contributed by atoms with Gasteiger partial charge in [-0.1, -0.05) is 66.7 Å². The molecule has 1 heterocycles. The molecule has 5 aromatic carbocycles. The van der Waals surface area contributed by atoms with Gasteiger partial charge in [0.25, 0.3) is 5.56 Å². The van der Waals surface area contributed by atoms with Crippen LogP contribution >= 0.6 is 0 Å². The van der Waals surface area contributed by atoms with Crippen molar-refractivity contribution < 1.29 is 9.47 Å². The summed E-state index contributed by atoms with van der Waals surface area (Å²) in [7, 11) is 1.61. The number of nitriles is 1. The summed E-state index contributed by atoms with van der Waals surface area (Å²) in [6, 6.07) is 30.5. The van der Waals surface area contributed by atoms with Crippen molar-refractivity contribution in [2.75, 3.05) is 13.7 Å². The van der Waals surface area contributed by atoms with Gasteiger partial charge in [0.1, 0.15) is 24.1 Å². The molecule has 0 bridgehead atoms. The second kappa shape index (κ2) is 9.09. The third-order valence-corrected chi connectivity index (χ3v) is 7.04. The largest absolute Gasteiger partial charge is 0.497 e. The van der Waals surface area contributed by atoms with Crippen molar-refractivity contribution in [3.63, 3.8) is 0 Å². The van der Waals surface area contributed by atoms with Crippen molar-refractivity contribution in [3.05, 3.63) is 101 Å². The van der Waals surface area contributed by atoms with Crippen LogP contribution in [0.25, 0.3) is 54.7 Å². The summed E-state index contributed by atoms with van der Waals surface area (Å²) in [6.45, 7) is 2.40. The second-order valence-corrected chi connectivity index (χ2v) is 8.98. The molecule has 5 nitrogen and oxygen atoms in total. The number of ether oxygens (including phenoxy) is 2. The van der Waals surface area contributed by atoms with Gasteiger partial charge < -0.3 is 9.47 Å². The Morgan fingerprint density at radius 3 is 2.19 bits per heavy atom. The van der Waals surface area contributed by atoms with Gasteiger partial charge in [-0.25, -0.2) is 0 Å². The maximum absolute atomic E-state index is 13.7. The molecule has 0 amide bonds. The third-order valence-electron chi connectivity index (χ3n) is 7.04. The molecular weight excluding hydrogens is 460 g/mol. The van der Waals surface area contributed by atoms with Gasteiger partial charge in [-0.3, -0.25) is 9.36 Å². The van der Waals surface area contributed by atoms with E-state index in [1.807, 2.05) is 37.3 Å². The summed E-state index contributed by atoms with van der Waals surface area (Å²) >= 11 is 0. The first kappa shape index (κ1) is 22.8. The summed E-state index contributed by atoms with van der Waals surface area (Å²) in [5.41, 5.74) is 2.71. The van der Waals surface area contributed by atoms with Crippen molar-refractivity contribution in [2.24, 2.45) is 0 Å². The van der Waals surface area contributed by atoms with E-state index < -0.39 is 0 Å². The zero-order chi connectivity index (χ0) is 25.5. The van der Waals surface area contributed by atoms with Crippen LogP contribution < -0.4 is 10.3 Å². The van der Waals surface area contributed by atoms with Gasteiger partial charge in [0.15, 0.2) is 0 Å². The topological polar surface area (TPSA) is 64.2 Å². The first-order valence-corrected chi connectivity index (χ1v) is 12.2. The first-order valence-electron chi connectivity index (χ1n) is 12.2. The smallest absolute Gasteiger partial charge is 0.271 e. The summed E-state index contributed by atoms with van der Waals surface area (Å²) in [4.78, 5) is 13.7. The van der Waals surface area contributed by atoms with E-state index in [0.717, 1.165) is 21.9 Å². The van der Waals surface area contributed by atoms with E-state index in [1.54, 1.807) is 11.7 Å². The van der Waals surface area contributed by atoms with Crippen LogP contribution in [0.4, 0.5) is 0 Å². The molecule has 0 aliphatic carbocycles. The molecule has 6 aromatic rings. The number of aromatic nitrogens is 1. The Labute approximate surface area is 214 Å². The van der Waals surface area contributed by atoms with Crippen LogP contribution in [-0.4, -0.2) is 18.3 Å². The number of pyridine rings is 1. The van der Waals surface area contributed by atoms with E-state index in [0.29, 0.717) is 23.6 Å². The standard InChI is InChI=1S/C32H24N2O3/c1-3-37-19-34-29(17-27(28(18-33)32(34)35)20-9-13-24(36-2)14-10-20)25-15-11-23-8-7-21-5-4-6-22-12-16-26(25)31(23)30(21)22/h4-17H,3,19H2,1-2H3. The summed E-state index contributed by atoms with van der Waals surface area (Å²) in [5.74, 6) is 0.707. The summed E-state index contributed by atoms with van der Waals surface area (Å²) < 4.78 is 12.6. The summed E-state index contributed by atoms with van der Waals surface area (Å²) in [6.07, 6.45) is 0. The highest BCUT2D eigenvalue weighted by atomic mass is 16.5. The Balaban J connectivity index is 1.69. The van der Waals surface area contributed by atoms with Crippen molar-refractivity contribution in [3.8, 4) is 34.2 Å². The SMILES string of the molecule is CCOCn1c(-c2ccc3ccc4cccc5ccc2c3c45)cc(-c2ccc(OC)cc2)c(C#N)c1=O. The number of benzene rings is 5. The minimum atomic E-state index is -0.370. The van der Waals surface area contributed by atoms with E-state index >= 15 is 0 Å². The van der Waals surface area contributed by atoms with Gasteiger partial charge in [-0.15, -0.1) is 0 Å². The molecule has 37 heavy (non-hydrogen) atoms. The highest BCUT2D eigenvalue weighted by molar-refractivity contribution is 6.25. The second-order valence-electron chi connectivity index (χ2n) is 8.98. The lowest BCUT2D eigenvalue weighted by atomic mass is 9.90. The quantitative estimate of drug-likeness (QED) is 0.240. The fourth-order valence-corrected chi connectivity index (χ4v) is 5.25. The van der Waals surface area contributed by atoms with Gasteiger partial charge in [0.05, 0.1) is 12.8 Å². The molecule has 180 valence electrons. The fourth-order valence-electron chi connectivity index (χ4n) is 5.25. The molecule has 0 aliphatic heterocycles. The molecule has 0 saturated heterocycles. The molecule has 0 spiro atoms. The molecule has 1 aromatic heterocycles. The Morgan fingerprint density at radius 2 is 1.51 bits per heavy atom. The Kier molecular flexibility index (Phi) is 5.60. The summed E-state index contributed by atoms with van der Waals surface area (Å²) in [5, 5.41) is 16.9. The molecule has 0 N–H and O–H groups in total. The van der Waals surface area contributed by atoms with Crippen LogP contribution in [0.15, 0.2) is 89.7 Å². The molecule has 0 radical (unpaired) electrons. The van der Waals surface area contributed by atoms with E-state index in [9.17, 15) is 10.1 Å². The molecular formula is C32H24N2O3. The lowest BCUT2D eigenvalue weighted by molar-refractivity contribution is 0.0865. The van der Waals surface area contributed by atoms with E-state index in [2.05, 4.69) is 60.7 Å². The predicted molar refractivity (Wildman–Crippen MR) is 148 cm³/mol. The molecule has 0 saturated carbocycles. The maximum atomic E-state index is 13.7. The molecule has 6 rings (SSSR count). The third kappa shape index (κ3) is 3.62. The Hall–Kier alpha value is -4.66. The zero-order valence-corrected chi connectivity index (χ0v) is 20.6. The van der Waals surface area contributed by atoms with Crippen molar-refractivity contribution >= 4 is 32.3 Å².